The normalized spacial score (nSPS) is 19.7. The molecule has 0 aromatic heterocycles. The lowest BCUT2D eigenvalue weighted by Gasteiger charge is -2.27. The van der Waals surface area contributed by atoms with Crippen LogP contribution >= 0.6 is 34.8 Å². The molecule has 1 aliphatic rings. The number of cyclic esters (lactones) is 1. The van der Waals surface area contributed by atoms with Crippen molar-refractivity contribution in [2.45, 2.75) is 16.5 Å². The van der Waals surface area contributed by atoms with Crippen molar-refractivity contribution in [1.82, 2.24) is 0 Å². The Morgan fingerprint density at radius 2 is 1.88 bits per heavy atom. The van der Waals surface area contributed by atoms with Gasteiger partial charge in [0.1, 0.15) is 11.3 Å². The van der Waals surface area contributed by atoms with Crippen LogP contribution in [0.4, 0.5) is 0 Å². The van der Waals surface area contributed by atoms with Crippen LogP contribution in [-0.4, -0.2) is 16.1 Å². The Kier molecular flexibility index (Phi) is 3.19. The van der Waals surface area contributed by atoms with E-state index in [1.54, 1.807) is 24.3 Å². The smallest absolute Gasteiger partial charge is 0.345 e. The molecule has 2 rings (SSSR count). The summed E-state index contributed by atoms with van der Waals surface area (Å²) in [5, 5.41) is 0. The number of carbonyl (C=O) groups is 1. The molecule has 1 atom stereocenters. The second-order valence-electron chi connectivity index (χ2n) is 3.27. The molecule has 1 heterocycles. The van der Waals surface area contributed by atoms with Crippen LogP contribution in [0.3, 0.4) is 0 Å². The summed E-state index contributed by atoms with van der Waals surface area (Å²) in [6, 6.07) is 6.76. The zero-order valence-corrected chi connectivity index (χ0v) is 10.2. The third kappa shape index (κ3) is 2.73. The minimum absolute atomic E-state index is 0.0161. The molecule has 1 unspecified atom stereocenters. The van der Waals surface area contributed by atoms with E-state index in [0.717, 1.165) is 0 Å². The maximum atomic E-state index is 11.6. The molecule has 86 valence electrons. The van der Waals surface area contributed by atoms with Crippen LogP contribution in [0.25, 0.3) is 0 Å². The average Bonchev–Trinajstić information content (AvgIpc) is 2.15. The predicted octanol–water partition coefficient (Wildman–Crippen LogP) is 3.32. The molecule has 0 fully saturated rings. The van der Waals surface area contributed by atoms with Crippen molar-refractivity contribution in [3.8, 4) is 5.75 Å². The molecular weight excluding hydrogens is 274 g/mol. The first-order valence-electron chi connectivity index (χ1n) is 4.49. The van der Waals surface area contributed by atoms with Crippen LogP contribution in [0.2, 0.25) is 0 Å². The van der Waals surface area contributed by atoms with Crippen LogP contribution < -0.4 is 4.74 Å². The van der Waals surface area contributed by atoms with Gasteiger partial charge >= 0.3 is 5.97 Å². The number of alkyl halides is 3. The van der Waals surface area contributed by atoms with Gasteiger partial charge in [-0.3, -0.25) is 0 Å². The number of ether oxygens (including phenoxy) is 2. The van der Waals surface area contributed by atoms with Gasteiger partial charge in [-0.05, 0) is 12.1 Å². The van der Waals surface area contributed by atoms with E-state index >= 15 is 0 Å². The number of rotatable bonds is 1. The molecule has 1 aliphatic heterocycles. The lowest BCUT2D eigenvalue weighted by Crippen LogP contribution is -2.33. The summed E-state index contributed by atoms with van der Waals surface area (Å²) in [6.45, 7) is 0. The molecule has 0 aliphatic carbocycles. The number of carbonyl (C=O) groups excluding carboxylic acids is 1. The van der Waals surface area contributed by atoms with Crippen molar-refractivity contribution in [3.05, 3.63) is 29.8 Å². The highest BCUT2D eigenvalue weighted by Gasteiger charge is 2.33. The van der Waals surface area contributed by atoms with Crippen LogP contribution in [0, 0.1) is 0 Å². The Morgan fingerprint density at radius 1 is 1.19 bits per heavy atom. The molecule has 0 saturated heterocycles. The van der Waals surface area contributed by atoms with Gasteiger partial charge in [0.05, 0.1) is 6.42 Å². The van der Waals surface area contributed by atoms with E-state index in [4.69, 9.17) is 44.3 Å². The van der Waals surface area contributed by atoms with Gasteiger partial charge in [0.25, 0.3) is 0 Å². The zero-order chi connectivity index (χ0) is 11.8. The van der Waals surface area contributed by atoms with Gasteiger partial charge in [0, 0.05) is 0 Å². The van der Waals surface area contributed by atoms with Crippen molar-refractivity contribution in [3.63, 3.8) is 0 Å². The number of benzene rings is 1. The van der Waals surface area contributed by atoms with E-state index in [1.807, 2.05) is 0 Å². The highest BCUT2D eigenvalue weighted by atomic mass is 35.6. The van der Waals surface area contributed by atoms with Gasteiger partial charge in [-0.15, -0.1) is 0 Å². The number of esters is 1. The van der Waals surface area contributed by atoms with Crippen LogP contribution in [0.1, 0.15) is 16.8 Å². The van der Waals surface area contributed by atoms with E-state index in [-0.39, 0.29) is 6.42 Å². The highest BCUT2D eigenvalue weighted by Crippen LogP contribution is 2.35. The molecule has 1 aromatic rings. The molecule has 1 aromatic carbocycles. The number of hydrogen-bond acceptors (Lipinski definition) is 3. The van der Waals surface area contributed by atoms with Gasteiger partial charge in [0.2, 0.25) is 6.29 Å². The summed E-state index contributed by atoms with van der Waals surface area (Å²) >= 11 is 16.8. The quantitative estimate of drug-likeness (QED) is 0.585. The Balaban J connectivity index is 2.18. The minimum atomic E-state index is -1.52. The van der Waals surface area contributed by atoms with E-state index < -0.39 is 16.1 Å². The van der Waals surface area contributed by atoms with Crippen molar-refractivity contribution < 1.29 is 14.3 Å². The number of fused-ring (bicyclic) bond motifs is 1. The third-order valence-corrected chi connectivity index (χ3v) is 2.46. The molecule has 6 heteroatoms. The molecule has 16 heavy (non-hydrogen) atoms. The first-order valence-corrected chi connectivity index (χ1v) is 5.62. The lowest BCUT2D eigenvalue weighted by molar-refractivity contribution is -0.0629. The Hall–Kier alpha value is -0.640. The van der Waals surface area contributed by atoms with Crippen molar-refractivity contribution >= 4 is 40.8 Å². The van der Waals surface area contributed by atoms with Crippen LogP contribution in [-0.2, 0) is 4.74 Å². The molecule has 0 saturated carbocycles. The second-order valence-corrected chi connectivity index (χ2v) is 5.78. The maximum absolute atomic E-state index is 11.6. The fraction of sp³-hybridized carbons (Fsp3) is 0.300. The monoisotopic (exact) mass is 280 g/mol. The molecule has 0 N–H and O–H groups in total. The van der Waals surface area contributed by atoms with E-state index in [9.17, 15) is 4.79 Å². The first kappa shape index (κ1) is 11.8. The van der Waals surface area contributed by atoms with E-state index in [1.165, 1.54) is 0 Å². The largest absolute Gasteiger partial charge is 0.454 e. The molecule has 0 amide bonds. The van der Waals surface area contributed by atoms with E-state index in [2.05, 4.69) is 0 Å². The first-order chi connectivity index (χ1) is 7.46. The molecule has 0 bridgehead atoms. The average molecular weight is 282 g/mol. The van der Waals surface area contributed by atoms with Gasteiger partial charge in [-0.2, -0.15) is 0 Å². The highest BCUT2D eigenvalue weighted by molar-refractivity contribution is 6.67. The Bertz CT molecular complexity index is 414. The standard InChI is InChI=1S/C10H7Cl3O3/c11-10(12,13)5-8-15-7-4-2-1-3-6(7)9(14)16-8/h1-4,8H,5H2. The third-order valence-electron chi connectivity index (χ3n) is 2.00. The summed E-state index contributed by atoms with van der Waals surface area (Å²) in [5.74, 6) is -0.0286. The number of para-hydroxylation sites is 1. The lowest BCUT2D eigenvalue weighted by atomic mass is 10.2. The topological polar surface area (TPSA) is 35.5 Å². The Labute approximate surface area is 107 Å². The van der Waals surface area contributed by atoms with Crippen LogP contribution in [0.5, 0.6) is 5.75 Å². The van der Waals surface area contributed by atoms with Crippen molar-refractivity contribution in [2.24, 2.45) is 0 Å². The fourth-order valence-corrected chi connectivity index (χ4v) is 1.74. The fourth-order valence-electron chi connectivity index (χ4n) is 1.36. The van der Waals surface area contributed by atoms with Gasteiger partial charge in [-0.25, -0.2) is 4.79 Å². The number of halogens is 3. The SMILES string of the molecule is O=C1OC(CC(Cl)(Cl)Cl)Oc2ccccc21. The summed E-state index contributed by atoms with van der Waals surface area (Å²) in [6.07, 6.45) is -0.882. The summed E-state index contributed by atoms with van der Waals surface area (Å²) in [5.41, 5.74) is 0.378. The molecule has 0 spiro atoms. The minimum Gasteiger partial charge on any atom is -0.454 e. The molecule has 3 nitrogen and oxygen atoms in total. The van der Waals surface area contributed by atoms with Crippen LogP contribution in [0.15, 0.2) is 24.3 Å². The zero-order valence-electron chi connectivity index (χ0n) is 7.95. The molecule has 0 radical (unpaired) electrons. The van der Waals surface area contributed by atoms with Gasteiger partial charge in [-0.1, -0.05) is 46.9 Å². The second kappa shape index (κ2) is 4.32. The Morgan fingerprint density at radius 3 is 2.56 bits per heavy atom. The maximum Gasteiger partial charge on any atom is 0.345 e. The summed E-state index contributed by atoms with van der Waals surface area (Å²) in [7, 11) is 0. The predicted molar refractivity (Wildman–Crippen MR) is 61.2 cm³/mol. The number of hydrogen-bond donors (Lipinski definition) is 0. The van der Waals surface area contributed by atoms with Gasteiger partial charge in [0.15, 0.2) is 3.79 Å². The van der Waals surface area contributed by atoms with Crippen molar-refractivity contribution in [1.29, 1.82) is 0 Å². The summed E-state index contributed by atoms with van der Waals surface area (Å²) < 4.78 is 8.84. The molecular formula is C10H7Cl3O3. The van der Waals surface area contributed by atoms with Crippen molar-refractivity contribution in [2.75, 3.05) is 0 Å². The van der Waals surface area contributed by atoms with Gasteiger partial charge < -0.3 is 9.47 Å². The van der Waals surface area contributed by atoms with E-state index in [0.29, 0.717) is 11.3 Å². The summed E-state index contributed by atoms with van der Waals surface area (Å²) in [4.78, 5) is 11.6.